The van der Waals surface area contributed by atoms with Crippen LogP contribution in [0.4, 0.5) is 0 Å². The molecule has 0 aromatic heterocycles. The molecule has 0 spiro atoms. The van der Waals surface area contributed by atoms with Crippen LogP contribution >= 0.6 is 24.8 Å². The average Bonchev–Trinajstić information content (AvgIpc) is 2.60. The number of nitrogens with zero attached hydrogens (tertiary/aromatic N) is 1. The van der Waals surface area contributed by atoms with Gasteiger partial charge in [0, 0.05) is 26.2 Å². The van der Waals surface area contributed by atoms with Crippen molar-refractivity contribution in [2.45, 2.75) is 12.6 Å². The molecule has 0 aliphatic carbocycles. The topological polar surface area (TPSA) is 69.3 Å². The van der Waals surface area contributed by atoms with E-state index in [9.17, 15) is 4.79 Å². The van der Waals surface area contributed by atoms with Crippen LogP contribution in [-0.2, 0) is 16.1 Å². The second-order valence-electron chi connectivity index (χ2n) is 5.30. The van der Waals surface area contributed by atoms with Crippen LogP contribution in [0.1, 0.15) is 5.56 Å². The lowest BCUT2D eigenvalue weighted by molar-refractivity contribution is -0.144. The van der Waals surface area contributed by atoms with Crippen molar-refractivity contribution in [3.63, 3.8) is 0 Å². The van der Waals surface area contributed by atoms with Crippen molar-refractivity contribution in [1.82, 2.24) is 10.2 Å². The predicted molar refractivity (Wildman–Crippen MR) is 99.7 cm³/mol. The van der Waals surface area contributed by atoms with Gasteiger partial charge in [0.25, 0.3) is 0 Å². The number of methoxy groups -OCH3 is 4. The lowest BCUT2D eigenvalue weighted by Crippen LogP contribution is -2.54. The van der Waals surface area contributed by atoms with Crippen LogP contribution in [-0.4, -0.2) is 65.0 Å². The van der Waals surface area contributed by atoms with Crippen molar-refractivity contribution in [2.75, 3.05) is 48.1 Å². The monoisotopic (exact) mass is 396 g/mol. The maximum Gasteiger partial charge on any atom is 0.324 e. The molecule has 1 atom stereocenters. The van der Waals surface area contributed by atoms with Crippen molar-refractivity contribution in [1.29, 1.82) is 0 Å². The first kappa shape index (κ1) is 23.6. The lowest BCUT2D eigenvalue weighted by Gasteiger charge is -2.32. The number of carbonyl (C=O) groups excluding carboxylic acids is 1. The van der Waals surface area contributed by atoms with E-state index < -0.39 is 0 Å². The van der Waals surface area contributed by atoms with Crippen LogP contribution in [0.5, 0.6) is 17.2 Å². The summed E-state index contributed by atoms with van der Waals surface area (Å²) in [5, 5.41) is 3.16. The molecule has 0 saturated carbocycles. The third kappa shape index (κ3) is 5.81. The number of ether oxygens (including phenoxy) is 4. The van der Waals surface area contributed by atoms with Crippen molar-refractivity contribution in [2.24, 2.45) is 0 Å². The van der Waals surface area contributed by atoms with Gasteiger partial charge >= 0.3 is 5.97 Å². The van der Waals surface area contributed by atoms with E-state index in [1.165, 1.54) is 7.11 Å². The molecule has 1 aliphatic rings. The molecule has 1 aliphatic heterocycles. The van der Waals surface area contributed by atoms with Crippen molar-refractivity contribution < 1.29 is 23.7 Å². The summed E-state index contributed by atoms with van der Waals surface area (Å²) in [6.45, 7) is 2.88. The number of piperazine rings is 1. The van der Waals surface area contributed by atoms with Crippen molar-refractivity contribution >= 4 is 30.8 Å². The van der Waals surface area contributed by atoms with E-state index >= 15 is 0 Å². The van der Waals surface area contributed by atoms with Gasteiger partial charge in [0.2, 0.25) is 5.75 Å². The lowest BCUT2D eigenvalue weighted by atomic mass is 10.1. The third-order valence-corrected chi connectivity index (χ3v) is 3.88. The van der Waals surface area contributed by atoms with Gasteiger partial charge in [-0.05, 0) is 17.7 Å². The van der Waals surface area contributed by atoms with Crippen LogP contribution in [0.25, 0.3) is 0 Å². The Morgan fingerprint density at radius 2 is 1.72 bits per heavy atom. The Bertz CT molecular complexity index is 534. The molecule has 1 unspecified atom stereocenters. The fourth-order valence-corrected chi connectivity index (χ4v) is 2.74. The normalized spacial score (nSPS) is 16.9. The van der Waals surface area contributed by atoms with E-state index in [4.69, 9.17) is 18.9 Å². The Morgan fingerprint density at radius 1 is 1.12 bits per heavy atom. The Morgan fingerprint density at radius 3 is 2.20 bits per heavy atom. The van der Waals surface area contributed by atoms with E-state index in [1.807, 2.05) is 12.1 Å². The standard InChI is InChI=1S/C16H24N2O5.2ClH/c1-20-13-7-11(8-14(21-2)15(13)22-3)9-18-6-5-17-12(10-18)16(19)23-4;;/h7-8,12,17H,5-6,9-10H2,1-4H3;2*1H. The Labute approximate surface area is 160 Å². The minimum Gasteiger partial charge on any atom is -0.493 e. The number of hydrogen-bond acceptors (Lipinski definition) is 7. The first-order chi connectivity index (χ1) is 11.1. The van der Waals surface area contributed by atoms with Crippen molar-refractivity contribution in [3.05, 3.63) is 17.7 Å². The van der Waals surface area contributed by atoms with E-state index in [-0.39, 0.29) is 36.8 Å². The smallest absolute Gasteiger partial charge is 0.324 e. The molecule has 0 amide bonds. The molecule has 0 radical (unpaired) electrons. The summed E-state index contributed by atoms with van der Waals surface area (Å²) in [4.78, 5) is 13.9. The Balaban J connectivity index is 0.00000288. The number of carbonyl (C=O) groups is 1. The highest BCUT2D eigenvalue weighted by atomic mass is 35.5. The second-order valence-corrected chi connectivity index (χ2v) is 5.30. The molecule has 0 bridgehead atoms. The molecule has 25 heavy (non-hydrogen) atoms. The number of nitrogens with one attached hydrogen (secondary N) is 1. The number of rotatable bonds is 6. The quantitative estimate of drug-likeness (QED) is 0.730. The summed E-state index contributed by atoms with van der Waals surface area (Å²) >= 11 is 0. The largest absolute Gasteiger partial charge is 0.493 e. The van der Waals surface area contributed by atoms with Crippen LogP contribution in [0, 0.1) is 0 Å². The predicted octanol–water partition coefficient (Wildman–Crippen LogP) is 1.50. The van der Waals surface area contributed by atoms with Crippen LogP contribution in [0.15, 0.2) is 12.1 Å². The first-order valence-corrected chi connectivity index (χ1v) is 7.45. The van der Waals surface area contributed by atoms with Gasteiger partial charge in [-0.25, -0.2) is 0 Å². The molecule has 7 nitrogen and oxygen atoms in total. The second kappa shape index (κ2) is 11.3. The Hall–Kier alpha value is -1.41. The van der Waals surface area contributed by atoms with Gasteiger partial charge < -0.3 is 24.3 Å². The van der Waals surface area contributed by atoms with E-state index in [2.05, 4.69) is 10.2 Å². The molecule has 1 fully saturated rings. The molecule has 144 valence electrons. The fraction of sp³-hybridized carbons (Fsp3) is 0.562. The molecular weight excluding hydrogens is 371 g/mol. The van der Waals surface area contributed by atoms with Gasteiger partial charge in [-0.1, -0.05) is 0 Å². The summed E-state index contributed by atoms with van der Waals surface area (Å²) in [6, 6.07) is 3.56. The number of benzene rings is 1. The molecule has 2 rings (SSSR count). The summed E-state index contributed by atoms with van der Waals surface area (Å²) in [5.74, 6) is 1.59. The summed E-state index contributed by atoms with van der Waals surface area (Å²) in [5.41, 5.74) is 1.03. The Kier molecular flexibility index (Phi) is 10.6. The molecular formula is C16H26Cl2N2O5. The van der Waals surface area contributed by atoms with Gasteiger partial charge in [-0.15, -0.1) is 24.8 Å². The molecule has 1 N–H and O–H groups in total. The van der Waals surface area contributed by atoms with E-state index in [0.717, 1.165) is 18.7 Å². The van der Waals surface area contributed by atoms with Crippen LogP contribution < -0.4 is 19.5 Å². The summed E-state index contributed by atoms with van der Waals surface area (Å²) in [6.07, 6.45) is 0. The molecule has 1 heterocycles. The highest BCUT2D eigenvalue weighted by molar-refractivity contribution is 5.85. The molecule has 1 saturated heterocycles. The first-order valence-electron chi connectivity index (χ1n) is 7.45. The van der Waals surface area contributed by atoms with E-state index in [0.29, 0.717) is 30.3 Å². The fourth-order valence-electron chi connectivity index (χ4n) is 2.74. The number of hydrogen-bond donors (Lipinski definition) is 1. The van der Waals surface area contributed by atoms with Gasteiger partial charge in [0.15, 0.2) is 11.5 Å². The van der Waals surface area contributed by atoms with Gasteiger partial charge in [0.1, 0.15) is 6.04 Å². The molecule has 9 heteroatoms. The average molecular weight is 397 g/mol. The number of esters is 1. The van der Waals surface area contributed by atoms with Gasteiger partial charge in [-0.2, -0.15) is 0 Å². The highest BCUT2D eigenvalue weighted by Gasteiger charge is 2.26. The SMILES string of the molecule is COC(=O)C1CN(Cc2cc(OC)c(OC)c(OC)c2)CCN1.Cl.Cl. The maximum absolute atomic E-state index is 11.7. The summed E-state index contributed by atoms with van der Waals surface area (Å²) < 4.78 is 20.9. The highest BCUT2D eigenvalue weighted by Crippen LogP contribution is 2.38. The van der Waals surface area contributed by atoms with Crippen LogP contribution in [0.2, 0.25) is 0 Å². The zero-order valence-electron chi connectivity index (χ0n) is 14.9. The maximum atomic E-state index is 11.7. The van der Waals surface area contributed by atoms with Gasteiger partial charge in [0.05, 0.1) is 28.4 Å². The van der Waals surface area contributed by atoms with Crippen LogP contribution in [0.3, 0.4) is 0 Å². The van der Waals surface area contributed by atoms with E-state index in [1.54, 1.807) is 21.3 Å². The zero-order chi connectivity index (χ0) is 16.8. The molecule has 1 aromatic rings. The van der Waals surface area contributed by atoms with Gasteiger partial charge in [-0.3, -0.25) is 9.69 Å². The zero-order valence-corrected chi connectivity index (χ0v) is 16.5. The number of halogens is 2. The minimum atomic E-state index is -0.296. The third-order valence-electron chi connectivity index (χ3n) is 3.88. The minimum absolute atomic E-state index is 0. The molecule has 1 aromatic carbocycles. The summed E-state index contributed by atoms with van der Waals surface area (Å²) in [7, 11) is 6.18. The van der Waals surface area contributed by atoms with Crippen molar-refractivity contribution in [3.8, 4) is 17.2 Å².